The van der Waals surface area contributed by atoms with Crippen molar-refractivity contribution in [2.45, 2.75) is 44.7 Å². The van der Waals surface area contributed by atoms with E-state index in [9.17, 15) is 4.79 Å². The monoisotopic (exact) mass is 421 g/mol. The van der Waals surface area contributed by atoms with E-state index in [2.05, 4.69) is 20.6 Å². The van der Waals surface area contributed by atoms with Crippen molar-refractivity contribution < 1.29 is 4.79 Å². The molecular weight excluding hydrogens is 397 g/mol. The average molecular weight is 422 g/mol. The van der Waals surface area contributed by atoms with Crippen LogP contribution in [0, 0.1) is 6.92 Å². The SMILES string of the molecule is Cc1cnc(N[C@H]2CC[C@@H](NC(=O)c3cc(Cl)cc(Cl)c3)CC2)nc1N(C)C. The Bertz CT molecular complexity index is 830. The van der Waals surface area contributed by atoms with Gasteiger partial charge in [0.2, 0.25) is 5.95 Å². The van der Waals surface area contributed by atoms with Crippen molar-refractivity contribution in [3.63, 3.8) is 0 Å². The quantitative estimate of drug-likeness (QED) is 0.752. The molecule has 28 heavy (non-hydrogen) atoms. The fourth-order valence-electron chi connectivity index (χ4n) is 3.47. The second-order valence-corrected chi connectivity index (χ2v) is 8.29. The number of amides is 1. The molecule has 1 aromatic heterocycles. The number of benzene rings is 1. The molecule has 1 fully saturated rings. The summed E-state index contributed by atoms with van der Waals surface area (Å²) < 4.78 is 0. The third-order valence-corrected chi connectivity index (χ3v) is 5.33. The topological polar surface area (TPSA) is 70.1 Å². The van der Waals surface area contributed by atoms with E-state index < -0.39 is 0 Å². The van der Waals surface area contributed by atoms with Gasteiger partial charge in [0.1, 0.15) is 5.82 Å². The zero-order chi connectivity index (χ0) is 20.3. The molecule has 2 N–H and O–H groups in total. The molecule has 2 aromatic rings. The number of aromatic nitrogens is 2. The number of hydrogen-bond acceptors (Lipinski definition) is 5. The predicted molar refractivity (Wildman–Crippen MR) is 115 cm³/mol. The summed E-state index contributed by atoms with van der Waals surface area (Å²) in [5.74, 6) is 1.42. The molecule has 0 radical (unpaired) electrons. The van der Waals surface area contributed by atoms with Gasteiger partial charge in [0.05, 0.1) is 0 Å². The van der Waals surface area contributed by atoms with Gasteiger partial charge in [-0.3, -0.25) is 4.79 Å². The molecule has 3 rings (SSSR count). The predicted octanol–water partition coefficient (Wildman–Crippen LogP) is 4.31. The summed E-state index contributed by atoms with van der Waals surface area (Å²) in [5, 5.41) is 7.43. The van der Waals surface area contributed by atoms with Crippen LogP contribution in [0.3, 0.4) is 0 Å². The average Bonchev–Trinajstić information content (AvgIpc) is 2.64. The van der Waals surface area contributed by atoms with Crippen LogP contribution in [-0.4, -0.2) is 42.1 Å². The van der Waals surface area contributed by atoms with Crippen LogP contribution in [0.5, 0.6) is 0 Å². The molecule has 0 atom stereocenters. The lowest BCUT2D eigenvalue weighted by Gasteiger charge is -2.30. The van der Waals surface area contributed by atoms with Crippen LogP contribution in [0.2, 0.25) is 10.0 Å². The van der Waals surface area contributed by atoms with E-state index in [4.69, 9.17) is 23.2 Å². The van der Waals surface area contributed by atoms with Crippen molar-refractivity contribution in [3.8, 4) is 0 Å². The number of anilines is 2. The Hall–Kier alpha value is -2.05. The lowest BCUT2D eigenvalue weighted by Crippen LogP contribution is -2.40. The number of halogens is 2. The zero-order valence-corrected chi connectivity index (χ0v) is 17.8. The van der Waals surface area contributed by atoms with Crippen LogP contribution in [0.4, 0.5) is 11.8 Å². The van der Waals surface area contributed by atoms with Crippen molar-refractivity contribution >= 4 is 40.9 Å². The van der Waals surface area contributed by atoms with Gasteiger partial charge in [-0.05, 0) is 50.8 Å². The molecule has 0 unspecified atom stereocenters. The van der Waals surface area contributed by atoms with Gasteiger partial charge in [-0.2, -0.15) is 4.98 Å². The highest BCUT2D eigenvalue weighted by Gasteiger charge is 2.23. The summed E-state index contributed by atoms with van der Waals surface area (Å²) in [6.45, 7) is 2.00. The molecule has 6 nitrogen and oxygen atoms in total. The highest BCUT2D eigenvalue weighted by molar-refractivity contribution is 6.35. The Morgan fingerprint density at radius 3 is 2.29 bits per heavy atom. The van der Waals surface area contributed by atoms with E-state index in [1.807, 2.05) is 32.1 Å². The van der Waals surface area contributed by atoms with Crippen LogP contribution in [0.25, 0.3) is 0 Å². The van der Waals surface area contributed by atoms with E-state index in [1.165, 1.54) is 0 Å². The van der Waals surface area contributed by atoms with Crippen molar-refractivity contribution in [3.05, 3.63) is 45.6 Å². The highest BCUT2D eigenvalue weighted by atomic mass is 35.5. The Morgan fingerprint density at radius 1 is 1.07 bits per heavy atom. The summed E-state index contributed by atoms with van der Waals surface area (Å²) in [5.41, 5.74) is 1.53. The van der Waals surface area contributed by atoms with Gasteiger partial charge in [-0.25, -0.2) is 4.98 Å². The molecule has 0 aliphatic heterocycles. The Balaban J connectivity index is 1.53. The first-order chi connectivity index (χ1) is 13.3. The Kier molecular flexibility index (Phi) is 6.62. The molecule has 0 spiro atoms. The third kappa shape index (κ3) is 5.26. The van der Waals surface area contributed by atoms with Gasteiger partial charge in [-0.15, -0.1) is 0 Å². The van der Waals surface area contributed by atoms with Crippen molar-refractivity contribution in [2.24, 2.45) is 0 Å². The van der Waals surface area contributed by atoms with Crippen LogP contribution in [-0.2, 0) is 0 Å². The first-order valence-electron chi connectivity index (χ1n) is 9.36. The van der Waals surface area contributed by atoms with Crippen LogP contribution < -0.4 is 15.5 Å². The lowest BCUT2D eigenvalue weighted by atomic mass is 9.91. The number of aryl methyl sites for hydroxylation is 1. The Labute approximate surface area is 175 Å². The number of carbonyl (C=O) groups excluding carboxylic acids is 1. The van der Waals surface area contributed by atoms with E-state index in [0.29, 0.717) is 27.6 Å². The summed E-state index contributed by atoms with van der Waals surface area (Å²) in [4.78, 5) is 23.4. The molecule has 1 saturated carbocycles. The maximum atomic E-state index is 12.5. The van der Waals surface area contributed by atoms with Gasteiger partial charge in [-0.1, -0.05) is 23.2 Å². The molecule has 1 amide bonds. The molecule has 1 aliphatic rings. The van der Waals surface area contributed by atoms with E-state index in [1.54, 1.807) is 18.2 Å². The summed E-state index contributed by atoms with van der Waals surface area (Å²) in [6, 6.07) is 5.32. The third-order valence-electron chi connectivity index (χ3n) is 4.89. The van der Waals surface area contributed by atoms with Crippen molar-refractivity contribution in [1.29, 1.82) is 0 Å². The van der Waals surface area contributed by atoms with Crippen LogP contribution in [0.15, 0.2) is 24.4 Å². The first-order valence-corrected chi connectivity index (χ1v) is 10.1. The van der Waals surface area contributed by atoms with Gasteiger partial charge < -0.3 is 15.5 Å². The minimum Gasteiger partial charge on any atom is -0.362 e. The smallest absolute Gasteiger partial charge is 0.251 e. The maximum absolute atomic E-state index is 12.5. The lowest BCUT2D eigenvalue weighted by molar-refractivity contribution is 0.0926. The van der Waals surface area contributed by atoms with Gasteiger partial charge in [0, 0.05) is 53.5 Å². The molecular formula is C20H25Cl2N5O. The van der Waals surface area contributed by atoms with E-state index in [0.717, 1.165) is 37.1 Å². The molecule has 1 aliphatic carbocycles. The number of nitrogens with zero attached hydrogens (tertiary/aromatic N) is 3. The molecule has 8 heteroatoms. The molecule has 1 heterocycles. The minimum atomic E-state index is -0.140. The van der Waals surface area contributed by atoms with Gasteiger partial charge >= 0.3 is 0 Å². The summed E-state index contributed by atoms with van der Waals surface area (Å²) in [7, 11) is 3.94. The fourth-order valence-corrected chi connectivity index (χ4v) is 4.00. The van der Waals surface area contributed by atoms with Crippen molar-refractivity contribution in [2.75, 3.05) is 24.3 Å². The highest BCUT2D eigenvalue weighted by Crippen LogP contribution is 2.24. The second kappa shape index (κ2) is 8.97. The van der Waals surface area contributed by atoms with Gasteiger partial charge in [0.15, 0.2) is 0 Å². The standard InChI is InChI=1S/C20H25Cl2N5O/c1-12-11-23-20(26-18(12)27(2)3)25-17-6-4-16(5-7-17)24-19(28)13-8-14(21)10-15(22)9-13/h8-11,16-17H,4-7H2,1-3H3,(H,24,28)(H,23,25,26)/t16-,17+. The van der Waals surface area contributed by atoms with E-state index >= 15 is 0 Å². The van der Waals surface area contributed by atoms with Crippen molar-refractivity contribution in [1.82, 2.24) is 15.3 Å². The Morgan fingerprint density at radius 2 is 1.68 bits per heavy atom. The minimum absolute atomic E-state index is 0.138. The molecule has 150 valence electrons. The normalized spacial score (nSPS) is 19.2. The first kappa shape index (κ1) is 20.7. The number of nitrogens with one attached hydrogen (secondary N) is 2. The molecule has 0 bridgehead atoms. The van der Waals surface area contributed by atoms with Gasteiger partial charge in [0.25, 0.3) is 5.91 Å². The largest absolute Gasteiger partial charge is 0.362 e. The second-order valence-electron chi connectivity index (χ2n) is 7.42. The summed E-state index contributed by atoms with van der Waals surface area (Å²) >= 11 is 12.0. The van der Waals surface area contributed by atoms with E-state index in [-0.39, 0.29) is 11.9 Å². The molecule has 0 saturated heterocycles. The fraction of sp³-hybridized carbons (Fsp3) is 0.450. The summed E-state index contributed by atoms with van der Waals surface area (Å²) in [6.07, 6.45) is 5.51. The van der Waals surface area contributed by atoms with Crippen LogP contribution in [0.1, 0.15) is 41.6 Å². The number of rotatable bonds is 5. The zero-order valence-electron chi connectivity index (χ0n) is 16.3. The number of carbonyl (C=O) groups is 1. The molecule has 1 aromatic carbocycles. The maximum Gasteiger partial charge on any atom is 0.251 e. The van der Waals surface area contributed by atoms with Crippen LogP contribution >= 0.6 is 23.2 Å². The number of hydrogen-bond donors (Lipinski definition) is 2.